The lowest BCUT2D eigenvalue weighted by Gasteiger charge is -2.08. The number of halogens is 6. The number of rotatable bonds is 2. The molecule has 14 heteroatoms. The van der Waals surface area contributed by atoms with Gasteiger partial charge >= 0.3 is 11.0 Å². The summed E-state index contributed by atoms with van der Waals surface area (Å²) < 4.78 is 118. The maximum absolute atomic E-state index is 12.3. The molecule has 0 saturated heterocycles. The van der Waals surface area contributed by atoms with Gasteiger partial charge in [-0.3, -0.25) is 0 Å². The van der Waals surface area contributed by atoms with Crippen molar-refractivity contribution >= 4 is 19.7 Å². The molecule has 0 atom stereocenters. The minimum Gasteiger partial charge on any atom is -0.214 e. The SMILES string of the molecule is C[n+]1cc(S(=O)(=O)C(F)(F)F)c(S(=O)(=O)C(F)(F)F)[nH]1. The minimum absolute atomic E-state index is 0.0848. The van der Waals surface area contributed by atoms with Crippen molar-refractivity contribution in [3.05, 3.63) is 6.20 Å². The summed E-state index contributed by atoms with van der Waals surface area (Å²) >= 11 is 0. The third-order valence-corrected chi connectivity index (χ3v) is 5.07. The molecule has 0 aliphatic carbocycles. The number of hydrogen-bond donors (Lipinski definition) is 1. The van der Waals surface area contributed by atoms with Crippen molar-refractivity contribution in [1.29, 1.82) is 0 Å². The fourth-order valence-electron chi connectivity index (χ4n) is 1.11. The standard InChI is InChI=1S/C6H4F6N2O4S2/c1-14-2-3(19(15,16)5(7,8)9)4(13-14)20(17,18)6(10,11)12/h2H,1H3/p+1. The summed E-state index contributed by atoms with van der Waals surface area (Å²) in [6, 6.07) is 0. The molecule has 1 aromatic heterocycles. The molecular weight excluding hydrogens is 342 g/mol. The first-order valence-electron chi connectivity index (χ1n) is 4.33. The highest BCUT2D eigenvalue weighted by molar-refractivity contribution is 7.95. The topological polar surface area (TPSA) is 87.9 Å². The summed E-state index contributed by atoms with van der Waals surface area (Å²) in [5.41, 5.74) is -11.9. The number of aromatic amines is 1. The van der Waals surface area contributed by atoms with Gasteiger partial charge in [-0.25, -0.2) is 16.8 Å². The Morgan fingerprint density at radius 2 is 1.35 bits per heavy atom. The van der Waals surface area contributed by atoms with E-state index in [-0.39, 0.29) is 6.20 Å². The van der Waals surface area contributed by atoms with E-state index in [4.69, 9.17) is 0 Å². The Labute approximate surface area is 107 Å². The van der Waals surface area contributed by atoms with Crippen molar-refractivity contribution in [3.63, 3.8) is 0 Å². The van der Waals surface area contributed by atoms with Crippen LogP contribution in [0.25, 0.3) is 0 Å². The van der Waals surface area contributed by atoms with Crippen molar-refractivity contribution in [1.82, 2.24) is 5.10 Å². The molecule has 0 unspecified atom stereocenters. The molecular formula is C6H5F6N2O4S2+. The molecule has 0 bridgehead atoms. The average Bonchev–Trinajstić information content (AvgIpc) is 2.57. The van der Waals surface area contributed by atoms with Crippen LogP contribution < -0.4 is 4.68 Å². The lowest BCUT2D eigenvalue weighted by Crippen LogP contribution is -2.31. The monoisotopic (exact) mass is 347 g/mol. The van der Waals surface area contributed by atoms with E-state index in [9.17, 15) is 43.2 Å². The number of hydrogen-bond acceptors (Lipinski definition) is 4. The zero-order valence-corrected chi connectivity index (χ0v) is 10.9. The van der Waals surface area contributed by atoms with Crippen molar-refractivity contribution in [2.75, 3.05) is 0 Å². The van der Waals surface area contributed by atoms with Gasteiger partial charge in [0.15, 0.2) is 11.9 Å². The quantitative estimate of drug-likeness (QED) is 0.621. The highest BCUT2D eigenvalue weighted by atomic mass is 32.2. The van der Waals surface area contributed by atoms with Gasteiger partial charge in [0.25, 0.3) is 19.7 Å². The maximum atomic E-state index is 12.3. The lowest BCUT2D eigenvalue weighted by molar-refractivity contribution is -0.729. The molecule has 116 valence electrons. The van der Waals surface area contributed by atoms with Gasteiger partial charge in [0.05, 0.1) is 0 Å². The highest BCUT2D eigenvalue weighted by Gasteiger charge is 2.57. The molecule has 1 N–H and O–H groups in total. The highest BCUT2D eigenvalue weighted by Crippen LogP contribution is 2.37. The van der Waals surface area contributed by atoms with E-state index in [1.54, 1.807) is 0 Å². The second-order valence-electron chi connectivity index (χ2n) is 3.44. The zero-order valence-electron chi connectivity index (χ0n) is 9.24. The van der Waals surface area contributed by atoms with Crippen LogP contribution in [0.15, 0.2) is 16.1 Å². The van der Waals surface area contributed by atoms with Gasteiger partial charge in [-0.2, -0.15) is 31.4 Å². The number of alkyl halides is 6. The predicted octanol–water partition coefficient (Wildman–Crippen LogP) is 0.426. The zero-order chi connectivity index (χ0) is 16.1. The van der Waals surface area contributed by atoms with E-state index in [0.29, 0.717) is 4.68 Å². The van der Waals surface area contributed by atoms with Gasteiger partial charge in [0.1, 0.15) is 0 Å². The second-order valence-corrected chi connectivity index (χ2v) is 7.23. The smallest absolute Gasteiger partial charge is 0.214 e. The molecule has 0 radical (unpaired) electrons. The van der Waals surface area contributed by atoms with Gasteiger partial charge in [-0.15, -0.1) is 4.68 Å². The molecule has 6 nitrogen and oxygen atoms in total. The van der Waals surface area contributed by atoms with Crippen LogP contribution in [0.5, 0.6) is 0 Å². The fraction of sp³-hybridized carbons (Fsp3) is 0.500. The number of sulfone groups is 2. The maximum Gasteiger partial charge on any atom is 0.503 e. The first-order chi connectivity index (χ1) is 8.62. The normalized spacial score (nSPS) is 14.6. The van der Waals surface area contributed by atoms with Crippen LogP contribution in [0.2, 0.25) is 0 Å². The Bertz CT molecular complexity index is 665. The fourth-order valence-corrected chi connectivity index (χ4v) is 3.41. The van der Waals surface area contributed by atoms with Crippen LogP contribution in [0.4, 0.5) is 26.3 Å². The van der Waals surface area contributed by atoms with Crippen molar-refractivity contribution in [2.24, 2.45) is 7.05 Å². The van der Waals surface area contributed by atoms with E-state index in [2.05, 4.69) is 0 Å². The van der Waals surface area contributed by atoms with Gasteiger partial charge in [0.2, 0.25) is 11.2 Å². The van der Waals surface area contributed by atoms with Gasteiger partial charge in [-0.05, 0) is 0 Å². The van der Waals surface area contributed by atoms with E-state index in [0.717, 1.165) is 7.05 Å². The first-order valence-corrected chi connectivity index (χ1v) is 7.30. The summed E-state index contributed by atoms with van der Waals surface area (Å²) in [5.74, 6) is 0. The Morgan fingerprint density at radius 1 is 0.950 bits per heavy atom. The molecule has 0 spiro atoms. The van der Waals surface area contributed by atoms with Crippen molar-refractivity contribution in [2.45, 2.75) is 20.9 Å². The number of aromatic nitrogens is 2. The minimum atomic E-state index is -6.29. The third kappa shape index (κ3) is 2.48. The summed E-state index contributed by atoms with van der Waals surface area (Å²) in [6.45, 7) is 0. The predicted molar refractivity (Wildman–Crippen MR) is 48.5 cm³/mol. The lowest BCUT2D eigenvalue weighted by atomic mass is 10.7. The van der Waals surface area contributed by atoms with Gasteiger partial charge in [0, 0.05) is 0 Å². The Morgan fingerprint density at radius 3 is 1.70 bits per heavy atom. The van der Waals surface area contributed by atoms with Gasteiger partial charge in [-0.1, -0.05) is 0 Å². The van der Waals surface area contributed by atoms with Crippen LogP contribution in [0, 0.1) is 0 Å². The molecule has 0 amide bonds. The molecule has 0 aliphatic heterocycles. The largest absolute Gasteiger partial charge is 0.503 e. The molecule has 1 rings (SSSR count). The summed E-state index contributed by atoms with van der Waals surface area (Å²) in [7, 11) is -11.7. The molecule has 0 saturated carbocycles. The van der Waals surface area contributed by atoms with Crippen LogP contribution in [-0.2, 0) is 26.7 Å². The second kappa shape index (κ2) is 4.34. The molecule has 20 heavy (non-hydrogen) atoms. The number of nitrogens with zero attached hydrogens (tertiary/aromatic N) is 1. The van der Waals surface area contributed by atoms with Crippen LogP contribution in [-0.4, -0.2) is 33.0 Å². The Balaban J connectivity index is 3.74. The molecule has 0 aromatic carbocycles. The van der Waals surface area contributed by atoms with Crippen molar-refractivity contribution in [3.8, 4) is 0 Å². The molecule has 0 aliphatic rings. The molecule has 1 aromatic rings. The van der Waals surface area contributed by atoms with E-state index in [1.165, 1.54) is 5.10 Å². The summed E-state index contributed by atoms with van der Waals surface area (Å²) in [5, 5.41) is -0.694. The first kappa shape index (κ1) is 16.7. The molecule has 0 fully saturated rings. The van der Waals surface area contributed by atoms with E-state index < -0.39 is 40.6 Å². The third-order valence-electron chi connectivity index (χ3n) is 1.98. The van der Waals surface area contributed by atoms with Crippen molar-refractivity contribution < 1.29 is 47.9 Å². The van der Waals surface area contributed by atoms with Gasteiger partial charge < -0.3 is 0 Å². The number of H-pyrrole nitrogens is 1. The van der Waals surface area contributed by atoms with Crippen LogP contribution in [0.1, 0.15) is 0 Å². The number of nitrogens with one attached hydrogen (secondary N) is 1. The Kier molecular flexibility index (Phi) is 3.63. The van der Waals surface area contributed by atoms with E-state index >= 15 is 0 Å². The van der Waals surface area contributed by atoms with E-state index in [1.807, 2.05) is 0 Å². The van der Waals surface area contributed by atoms with Crippen LogP contribution in [0.3, 0.4) is 0 Å². The summed E-state index contributed by atoms with van der Waals surface area (Å²) in [6.07, 6.45) is 0.0848. The average molecular weight is 347 g/mol. The number of aryl methyl sites for hydroxylation is 1. The summed E-state index contributed by atoms with van der Waals surface area (Å²) in [4.78, 5) is -2.02. The Hall–Kier alpha value is -1.31. The van der Waals surface area contributed by atoms with Crippen LogP contribution >= 0.6 is 0 Å². The molecule has 1 heterocycles.